The van der Waals surface area contributed by atoms with E-state index in [1.165, 1.54) is 6.42 Å². The third-order valence-corrected chi connectivity index (χ3v) is 4.10. The van der Waals surface area contributed by atoms with Crippen LogP contribution in [0.25, 0.3) is 0 Å². The molecule has 1 aromatic carbocycles. The lowest BCUT2D eigenvalue weighted by Crippen LogP contribution is -2.24. The van der Waals surface area contributed by atoms with Crippen molar-refractivity contribution in [3.8, 4) is 0 Å². The van der Waals surface area contributed by atoms with Crippen LogP contribution in [0.3, 0.4) is 0 Å². The maximum atomic E-state index is 13.6. The second-order valence-electron chi connectivity index (χ2n) is 4.15. The van der Waals surface area contributed by atoms with Gasteiger partial charge in [-0.25, -0.2) is 4.39 Å². The minimum Gasteiger partial charge on any atom is -0.314 e. The first kappa shape index (κ1) is 11.1. The molecule has 2 rings (SSSR count). The standard InChI is InChI=1S/C12H15BrFN/c1-8-4-5-11(14)10(12(8)13)7-9-3-2-6-15-9/h4-5,9,15H,2-3,6-7H2,1H3. The molecule has 1 fully saturated rings. The van der Waals surface area contributed by atoms with E-state index in [1.807, 2.05) is 13.0 Å². The lowest BCUT2D eigenvalue weighted by atomic mass is 10.0. The van der Waals surface area contributed by atoms with Crippen LogP contribution < -0.4 is 5.32 Å². The highest BCUT2D eigenvalue weighted by molar-refractivity contribution is 9.10. The Labute approximate surface area is 98.2 Å². The summed E-state index contributed by atoms with van der Waals surface area (Å²) in [5, 5.41) is 3.39. The van der Waals surface area contributed by atoms with Crippen LogP contribution in [0.5, 0.6) is 0 Å². The van der Waals surface area contributed by atoms with Gasteiger partial charge in [0.05, 0.1) is 0 Å². The molecule has 1 saturated heterocycles. The zero-order valence-corrected chi connectivity index (χ0v) is 10.4. The molecule has 0 bridgehead atoms. The highest BCUT2D eigenvalue weighted by Crippen LogP contribution is 2.26. The predicted octanol–water partition coefficient (Wildman–Crippen LogP) is 3.19. The maximum Gasteiger partial charge on any atom is 0.127 e. The van der Waals surface area contributed by atoms with Crippen molar-refractivity contribution in [1.29, 1.82) is 0 Å². The fourth-order valence-electron chi connectivity index (χ4n) is 2.08. The van der Waals surface area contributed by atoms with Gasteiger partial charge in [-0.1, -0.05) is 22.0 Å². The van der Waals surface area contributed by atoms with Crippen molar-refractivity contribution in [2.45, 2.75) is 32.2 Å². The fraction of sp³-hybridized carbons (Fsp3) is 0.500. The minimum atomic E-state index is -0.0961. The summed E-state index contributed by atoms with van der Waals surface area (Å²) in [6.07, 6.45) is 3.14. The number of nitrogens with one attached hydrogen (secondary N) is 1. The van der Waals surface area contributed by atoms with E-state index in [-0.39, 0.29) is 5.82 Å². The third-order valence-electron chi connectivity index (χ3n) is 2.99. The number of halogens is 2. The number of aryl methyl sites for hydroxylation is 1. The summed E-state index contributed by atoms with van der Waals surface area (Å²) in [5.74, 6) is -0.0961. The first-order valence-corrected chi connectivity index (χ1v) is 6.14. The Bertz CT molecular complexity index is 359. The van der Waals surface area contributed by atoms with Gasteiger partial charge in [0.2, 0.25) is 0 Å². The van der Waals surface area contributed by atoms with Crippen LogP contribution >= 0.6 is 15.9 Å². The Hall–Kier alpha value is -0.410. The monoisotopic (exact) mass is 271 g/mol. The molecule has 1 atom stereocenters. The van der Waals surface area contributed by atoms with Crippen molar-refractivity contribution in [3.05, 3.63) is 33.5 Å². The SMILES string of the molecule is Cc1ccc(F)c(CC2CCCN2)c1Br. The Kier molecular flexibility index (Phi) is 3.42. The van der Waals surface area contributed by atoms with Gasteiger partial charge in [-0.05, 0) is 44.4 Å². The molecule has 3 heteroatoms. The van der Waals surface area contributed by atoms with Gasteiger partial charge in [-0.2, -0.15) is 0 Å². The molecule has 82 valence electrons. The summed E-state index contributed by atoms with van der Waals surface area (Å²) in [5.41, 5.74) is 1.92. The zero-order chi connectivity index (χ0) is 10.8. The minimum absolute atomic E-state index is 0.0961. The van der Waals surface area contributed by atoms with E-state index in [0.717, 1.165) is 35.0 Å². The summed E-state index contributed by atoms with van der Waals surface area (Å²) in [7, 11) is 0. The van der Waals surface area contributed by atoms with E-state index in [4.69, 9.17) is 0 Å². The molecule has 0 aliphatic carbocycles. The van der Waals surface area contributed by atoms with Gasteiger partial charge in [0.15, 0.2) is 0 Å². The summed E-state index contributed by atoms with van der Waals surface area (Å²) in [6, 6.07) is 3.81. The molecule has 0 amide bonds. The van der Waals surface area contributed by atoms with E-state index >= 15 is 0 Å². The zero-order valence-electron chi connectivity index (χ0n) is 8.82. The van der Waals surface area contributed by atoms with Crippen LogP contribution in [0.1, 0.15) is 24.0 Å². The van der Waals surface area contributed by atoms with Crippen molar-refractivity contribution in [3.63, 3.8) is 0 Å². The van der Waals surface area contributed by atoms with E-state index < -0.39 is 0 Å². The van der Waals surface area contributed by atoms with Crippen molar-refractivity contribution < 1.29 is 4.39 Å². The van der Waals surface area contributed by atoms with Gasteiger partial charge in [0.1, 0.15) is 5.82 Å². The molecule has 0 spiro atoms. The molecule has 1 heterocycles. The van der Waals surface area contributed by atoms with E-state index in [0.29, 0.717) is 6.04 Å². The first-order chi connectivity index (χ1) is 7.18. The lowest BCUT2D eigenvalue weighted by Gasteiger charge is -2.13. The number of benzene rings is 1. The molecule has 0 saturated carbocycles. The normalized spacial score (nSPS) is 20.9. The molecule has 1 aliphatic heterocycles. The molecule has 0 radical (unpaired) electrons. The summed E-state index contributed by atoms with van der Waals surface area (Å²) in [6.45, 7) is 3.06. The quantitative estimate of drug-likeness (QED) is 0.871. The van der Waals surface area contributed by atoms with Gasteiger partial charge < -0.3 is 5.32 Å². The van der Waals surface area contributed by atoms with E-state index in [1.54, 1.807) is 6.07 Å². The Morgan fingerprint density at radius 3 is 3.00 bits per heavy atom. The van der Waals surface area contributed by atoms with Crippen LogP contribution in [0.2, 0.25) is 0 Å². The summed E-state index contributed by atoms with van der Waals surface area (Å²) in [4.78, 5) is 0. The third kappa shape index (κ3) is 2.40. The molecule has 1 N–H and O–H groups in total. The second kappa shape index (κ2) is 4.62. The lowest BCUT2D eigenvalue weighted by molar-refractivity contribution is 0.558. The second-order valence-corrected chi connectivity index (χ2v) is 4.95. The van der Waals surface area contributed by atoms with E-state index in [9.17, 15) is 4.39 Å². The van der Waals surface area contributed by atoms with Crippen LogP contribution in [0, 0.1) is 12.7 Å². The van der Waals surface area contributed by atoms with Crippen molar-refractivity contribution >= 4 is 15.9 Å². The van der Waals surface area contributed by atoms with Crippen molar-refractivity contribution in [2.24, 2.45) is 0 Å². The molecule has 15 heavy (non-hydrogen) atoms. The molecule has 1 nitrogen and oxygen atoms in total. The largest absolute Gasteiger partial charge is 0.314 e. The van der Waals surface area contributed by atoms with Gasteiger partial charge in [-0.3, -0.25) is 0 Å². The molecular weight excluding hydrogens is 257 g/mol. The van der Waals surface area contributed by atoms with Gasteiger partial charge in [0, 0.05) is 16.1 Å². The average molecular weight is 272 g/mol. The van der Waals surface area contributed by atoms with Crippen LogP contribution in [0.4, 0.5) is 4.39 Å². The molecule has 1 aromatic rings. The van der Waals surface area contributed by atoms with Crippen molar-refractivity contribution in [2.75, 3.05) is 6.54 Å². The van der Waals surface area contributed by atoms with Crippen LogP contribution in [-0.4, -0.2) is 12.6 Å². The molecular formula is C12H15BrFN. The Balaban J connectivity index is 2.22. The topological polar surface area (TPSA) is 12.0 Å². The summed E-state index contributed by atoms with van der Waals surface area (Å²) >= 11 is 3.47. The van der Waals surface area contributed by atoms with E-state index in [2.05, 4.69) is 21.2 Å². The van der Waals surface area contributed by atoms with Crippen LogP contribution in [0.15, 0.2) is 16.6 Å². The number of hydrogen-bond donors (Lipinski definition) is 1. The summed E-state index contributed by atoms with van der Waals surface area (Å²) < 4.78 is 14.6. The average Bonchev–Trinajstić information content (AvgIpc) is 2.71. The first-order valence-electron chi connectivity index (χ1n) is 5.35. The smallest absolute Gasteiger partial charge is 0.127 e. The van der Waals surface area contributed by atoms with Gasteiger partial charge in [0.25, 0.3) is 0 Å². The van der Waals surface area contributed by atoms with Crippen LogP contribution in [-0.2, 0) is 6.42 Å². The van der Waals surface area contributed by atoms with Gasteiger partial charge >= 0.3 is 0 Å². The molecule has 1 unspecified atom stereocenters. The Morgan fingerprint density at radius 2 is 2.33 bits per heavy atom. The predicted molar refractivity (Wildman–Crippen MR) is 63.6 cm³/mol. The number of rotatable bonds is 2. The Morgan fingerprint density at radius 1 is 1.53 bits per heavy atom. The number of hydrogen-bond acceptors (Lipinski definition) is 1. The van der Waals surface area contributed by atoms with Crippen molar-refractivity contribution in [1.82, 2.24) is 5.32 Å². The highest BCUT2D eigenvalue weighted by Gasteiger charge is 2.18. The molecule has 0 aromatic heterocycles. The highest BCUT2D eigenvalue weighted by atomic mass is 79.9. The maximum absolute atomic E-state index is 13.6. The molecule has 1 aliphatic rings. The fourth-order valence-corrected chi connectivity index (χ4v) is 2.56. The van der Waals surface area contributed by atoms with Gasteiger partial charge in [-0.15, -0.1) is 0 Å².